The normalized spacial score (nSPS) is 19.0. The molecule has 0 bridgehead atoms. The van der Waals surface area contributed by atoms with Gasteiger partial charge in [-0.1, -0.05) is 30.3 Å². The van der Waals surface area contributed by atoms with Crippen molar-refractivity contribution in [3.63, 3.8) is 0 Å². The second-order valence-corrected chi connectivity index (χ2v) is 7.97. The van der Waals surface area contributed by atoms with Crippen molar-refractivity contribution in [1.82, 2.24) is 25.5 Å². The van der Waals surface area contributed by atoms with Gasteiger partial charge in [-0.2, -0.15) is 5.10 Å². The van der Waals surface area contributed by atoms with Gasteiger partial charge in [0.25, 0.3) is 5.56 Å². The smallest absolute Gasteiger partial charge is 0.268 e. The van der Waals surface area contributed by atoms with E-state index < -0.39 is 0 Å². The Balaban J connectivity index is 0.00000192. The van der Waals surface area contributed by atoms with Crippen molar-refractivity contribution >= 4 is 34.0 Å². The maximum Gasteiger partial charge on any atom is 0.268 e. The zero-order valence-corrected chi connectivity index (χ0v) is 16.9. The number of hydrogen-bond donors (Lipinski definition) is 3. The summed E-state index contributed by atoms with van der Waals surface area (Å²) in [6.45, 7) is 2.89. The Labute approximate surface area is 171 Å². The molecule has 144 valence electrons. The lowest BCUT2D eigenvalue weighted by Gasteiger charge is -2.19. The monoisotopic (exact) mass is 413 g/mol. The molecule has 3 N–H and O–H groups in total. The van der Waals surface area contributed by atoms with Crippen LogP contribution in [0, 0.1) is 6.92 Å². The van der Waals surface area contributed by atoms with Crippen LogP contribution >= 0.6 is 23.7 Å². The largest absolute Gasteiger partial charge is 0.308 e. The first-order valence-corrected chi connectivity index (χ1v) is 9.85. The Kier molecular flexibility index (Phi) is 5.05. The van der Waals surface area contributed by atoms with Crippen LogP contribution in [0.1, 0.15) is 35.5 Å². The minimum Gasteiger partial charge on any atom is -0.308 e. The molecule has 2 atom stereocenters. The number of aromatic nitrogens is 4. The topological polar surface area (TPSA) is 86.5 Å². The van der Waals surface area contributed by atoms with Crippen LogP contribution in [-0.2, 0) is 0 Å². The van der Waals surface area contributed by atoms with Crippen molar-refractivity contribution in [2.75, 3.05) is 6.54 Å². The van der Waals surface area contributed by atoms with Crippen LogP contribution in [0.15, 0.2) is 47.4 Å². The lowest BCUT2D eigenvalue weighted by atomic mass is 9.91. The van der Waals surface area contributed by atoms with Crippen LogP contribution in [0.25, 0.3) is 20.7 Å². The Morgan fingerprint density at radius 3 is 2.79 bits per heavy atom. The van der Waals surface area contributed by atoms with E-state index in [-0.39, 0.29) is 24.0 Å². The molecule has 4 heterocycles. The van der Waals surface area contributed by atoms with Crippen molar-refractivity contribution < 1.29 is 0 Å². The molecule has 0 saturated carbocycles. The van der Waals surface area contributed by atoms with Crippen molar-refractivity contribution in [3.8, 4) is 10.4 Å². The fourth-order valence-corrected chi connectivity index (χ4v) is 4.95. The second-order valence-electron chi connectivity index (χ2n) is 6.92. The summed E-state index contributed by atoms with van der Waals surface area (Å²) in [5.41, 5.74) is 3.94. The maximum absolute atomic E-state index is 12.7. The highest BCUT2D eigenvalue weighted by atomic mass is 35.5. The van der Waals surface area contributed by atoms with Crippen molar-refractivity contribution in [3.05, 3.63) is 70.0 Å². The molecule has 1 aliphatic heterocycles. The van der Waals surface area contributed by atoms with Crippen molar-refractivity contribution in [2.24, 2.45) is 0 Å². The molecule has 0 aliphatic carbocycles. The minimum absolute atomic E-state index is 0. The lowest BCUT2D eigenvalue weighted by molar-refractivity contribution is 0.546. The van der Waals surface area contributed by atoms with Gasteiger partial charge in [-0.05, 0) is 31.5 Å². The highest BCUT2D eigenvalue weighted by molar-refractivity contribution is 7.22. The minimum atomic E-state index is -0.0760. The molecule has 3 aromatic heterocycles. The van der Waals surface area contributed by atoms with E-state index in [1.54, 1.807) is 6.20 Å². The average molecular weight is 414 g/mol. The highest BCUT2D eigenvalue weighted by Gasteiger charge is 2.31. The Bertz CT molecular complexity index is 1170. The molecule has 0 spiro atoms. The van der Waals surface area contributed by atoms with Gasteiger partial charge < -0.3 is 10.3 Å². The van der Waals surface area contributed by atoms with Gasteiger partial charge in [-0.25, -0.2) is 4.98 Å². The number of H-pyrrole nitrogens is 2. The van der Waals surface area contributed by atoms with Crippen LogP contribution in [0.2, 0.25) is 0 Å². The Hall–Kier alpha value is -2.48. The molecular formula is C20H20ClN5OS. The molecule has 4 aromatic rings. The van der Waals surface area contributed by atoms with Gasteiger partial charge in [0, 0.05) is 22.1 Å². The zero-order chi connectivity index (χ0) is 18.4. The quantitative estimate of drug-likeness (QED) is 0.475. The lowest BCUT2D eigenvalue weighted by Crippen LogP contribution is -2.23. The van der Waals surface area contributed by atoms with Crippen LogP contribution in [0.5, 0.6) is 0 Å². The van der Waals surface area contributed by atoms with E-state index in [2.05, 4.69) is 44.8 Å². The number of nitrogens with zero attached hydrogens (tertiary/aromatic N) is 2. The van der Waals surface area contributed by atoms with Crippen LogP contribution < -0.4 is 10.9 Å². The number of nitrogens with one attached hydrogen (secondary N) is 3. The van der Waals surface area contributed by atoms with E-state index in [4.69, 9.17) is 4.98 Å². The number of halogens is 1. The predicted molar refractivity (Wildman–Crippen MR) is 114 cm³/mol. The standard InChI is InChI=1S/C20H19N5OS.ClH/c1-11-14(10-22-25-11)16-9-15-18(27-16)20(26)24-19(23-15)17-13(7-8-21-17)12-5-3-2-4-6-12;/h2-6,9-10,13,17,21H,7-8H2,1H3,(H,22,25)(H,23,24,26);1H/t13-,17-;/m0./s1. The number of aromatic amines is 2. The van der Waals surface area contributed by atoms with Gasteiger partial charge in [-0.3, -0.25) is 9.89 Å². The summed E-state index contributed by atoms with van der Waals surface area (Å²) in [4.78, 5) is 21.6. The summed E-state index contributed by atoms with van der Waals surface area (Å²) in [5, 5.41) is 10.5. The average Bonchev–Trinajstić information content (AvgIpc) is 3.41. The molecule has 5 rings (SSSR count). The summed E-state index contributed by atoms with van der Waals surface area (Å²) >= 11 is 1.46. The molecule has 28 heavy (non-hydrogen) atoms. The van der Waals surface area contributed by atoms with E-state index in [0.717, 1.165) is 34.6 Å². The van der Waals surface area contributed by atoms with E-state index in [1.165, 1.54) is 16.9 Å². The van der Waals surface area contributed by atoms with Crippen LogP contribution in [-0.4, -0.2) is 26.7 Å². The van der Waals surface area contributed by atoms with E-state index in [1.807, 2.05) is 19.1 Å². The van der Waals surface area contributed by atoms with E-state index in [9.17, 15) is 4.79 Å². The third-order valence-electron chi connectivity index (χ3n) is 5.24. The molecule has 1 aliphatic rings. The molecule has 6 nitrogen and oxygen atoms in total. The van der Waals surface area contributed by atoms with Gasteiger partial charge in [0.2, 0.25) is 0 Å². The molecule has 1 aromatic carbocycles. The summed E-state index contributed by atoms with van der Waals surface area (Å²) in [5.74, 6) is 1.02. The third-order valence-corrected chi connectivity index (χ3v) is 6.40. The third kappa shape index (κ3) is 3.15. The molecule has 1 saturated heterocycles. The first-order valence-electron chi connectivity index (χ1n) is 9.03. The number of rotatable bonds is 3. The molecule has 8 heteroatoms. The number of aryl methyl sites for hydroxylation is 1. The first kappa shape index (κ1) is 18.9. The highest BCUT2D eigenvalue weighted by Crippen LogP contribution is 2.37. The number of benzene rings is 1. The Morgan fingerprint density at radius 1 is 1.21 bits per heavy atom. The summed E-state index contributed by atoms with van der Waals surface area (Å²) < 4.78 is 0.656. The van der Waals surface area contributed by atoms with E-state index in [0.29, 0.717) is 16.4 Å². The van der Waals surface area contributed by atoms with Crippen molar-refractivity contribution in [2.45, 2.75) is 25.3 Å². The fraction of sp³-hybridized carbons (Fsp3) is 0.250. The van der Waals surface area contributed by atoms with Crippen molar-refractivity contribution in [1.29, 1.82) is 0 Å². The number of hydrogen-bond acceptors (Lipinski definition) is 5. The molecule has 0 radical (unpaired) electrons. The predicted octanol–water partition coefficient (Wildman–Crippen LogP) is 3.92. The van der Waals surface area contributed by atoms with Gasteiger partial charge in [0.15, 0.2) is 0 Å². The van der Waals surface area contributed by atoms with Gasteiger partial charge >= 0.3 is 0 Å². The molecule has 1 fully saturated rings. The summed E-state index contributed by atoms with van der Waals surface area (Å²) in [6.07, 6.45) is 2.82. The molecule has 0 amide bonds. The number of fused-ring (bicyclic) bond motifs is 1. The second kappa shape index (κ2) is 7.50. The fourth-order valence-electron chi connectivity index (χ4n) is 3.89. The zero-order valence-electron chi connectivity index (χ0n) is 15.2. The van der Waals surface area contributed by atoms with Gasteiger partial charge in [0.05, 0.1) is 17.8 Å². The van der Waals surface area contributed by atoms with Gasteiger partial charge in [0.1, 0.15) is 10.5 Å². The first-order chi connectivity index (χ1) is 13.2. The SMILES string of the molecule is Cc1[nH]ncc1-c1cc2nc([C@H]3NCC[C@H]3c3ccccc3)[nH]c(=O)c2s1.Cl. The van der Waals surface area contributed by atoms with Gasteiger partial charge in [-0.15, -0.1) is 23.7 Å². The summed E-state index contributed by atoms with van der Waals surface area (Å²) in [7, 11) is 0. The molecule has 0 unspecified atom stereocenters. The number of thiophene rings is 1. The maximum atomic E-state index is 12.7. The summed E-state index contributed by atoms with van der Waals surface area (Å²) in [6, 6.07) is 12.4. The molecular weight excluding hydrogens is 394 g/mol. The van der Waals surface area contributed by atoms with Crippen LogP contribution in [0.4, 0.5) is 0 Å². The Morgan fingerprint density at radius 2 is 2.04 bits per heavy atom. The van der Waals surface area contributed by atoms with Crippen LogP contribution in [0.3, 0.4) is 0 Å². The van der Waals surface area contributed by atoms with E-state index >= 15 is 0 Å².